The van der Waals surface area contributed by atoms with E-state index in [0.29, 0.717) is 17.6 Å². The molecule has 1 rings (SSSR count). The average molecular weight is 192 g/mol. The van der Waals surface area contributed by atoms with Gasteiger partial charge in [0.05, 0.1) is 0 Å². The molecule has 1 aromatic rings. The summed E-state index contributed by atoms with van der Waals surface area (Å²) in [6.45, 7) is 10.5. The Kier molecular flexibility index (Phi) is 3.20. The van der Waals surface area contributed by atoms with Crippen LogP contribution in [0, 0.1) is 6.92 Å². The number of hydrogen-bond acceptors (Lipinski definition) is 1. The van der Waals surface area contributed by atoms with Gasteiger partial charge >= 0.3 is 0 Å². The Hall–Kier alpha value is -0.980. The molecule has 0 saturated heterocycles. The molecule has 0 aliphatic heterocycles. The summed E-state index contributed by atoms with van der Waals surface area (Å²) in [5.41, 5.74) is 3.35. The van der Waals surface area contributed by atoms with Crippen molar-refractivity contribution in [1.82, 2.24) is 0 Å². The first-order valence-corrected chi connectivity index (χ1v) is 5.27. The first-order valence-electron chi connectivity index (χ1n) is 5.27. The second-order valence-electron chi connectivity index (χ2n) is 4.54. The van der Waals surface area contributed by atoms with Crippen molar-refractivity contribution in [3.63, 3.8) is 0 Å². The van der Waals surface area contributed by atoms with E-state index in [2.05, 4.69) is 33.8 Å². The van der Waals surface area contributed by atoms with Crippen LogP contribution in [0.4, 0.5) is 0 Å². The first-order chi connectivity index (χ1) is 6.45. The minimum absolute atomic E-state index is 0.382. The van der Waals surface area contributed by atoms with Crippen LogP contribution in [0.5, 0.6) is 5.75 Å². The van der Waals surface area contributed by atoms with Gasteiger partial charge in [-0.2, -0.15) is 0 Å². The van der Waals surface area contributed by atoms with Gasteiger partial charge < -0.3 is 5.11 Å². The second-order valence-corrected chi connectivity index (χ2v) is 4.54. The van der Waals surface area contributed by atoms with E-state index in [1.807, 2.05) is 13.0 Å². The molecule has 0 heterocycles. The summed E-state index contributed by atoms with van der Waals surface area (Å²) < 4.78 is 0. The van der Waals surface area contributed by atoms with Crippen molar-refractivity contribution in [2.24, 2.45) is 0 Å². The van der Waals surface area contributed by atoms with Gasteiger partial charge in [-0.15, -0.1) is 0 Å². The van der Waals surface area contributed by atoms with E-state index < -0.39 is 0 Å². The molecule has 0 saturated carbocycles. The maximum atomic E-state index is 10.00. The number of aromatic hydroxyl groups is 1. The molecule has 78 valence electrons. The van der Waals surface area contributed by atoms with Crippen molar-refractivity contribution in [1.29, 1.82) is 0 Å². The number of phenols is 1. The molecule has 1 nitrogen and oxygen atoms in total. The van der Waals surface area contributed by atoms with Crippen LogP contribution in [0.1, 0.15) is 56.2 Å². The molecule has 14 heavy (non-hydrogen) atoms. The van der Waals surface area contributed by atoms with Crippen molar-refractivity contribution in [2.75, 3.05) is 0 Å². The molecule has 0 atom stereocenters. The SMILES string of the molecule is Cc1ccc(C(C)C)c(C(C)C)c1O. The van der Waals surface area contributed by atoms with Gasteiger partial charge in [0.15, 0.2) is 0 Å². The van der Waals surface area contributed by atoms with Crippen LogP contribution < -0.4 is 0 Å². The van der Waals surface area contributed by atoms with Gasteiger partial charge in [-0.3, -0.25) is 0 Å². The highest BCUT2D eigenvalue weighted by molar-refractivity contribution is 5.47. The van der Waals surface area contributed by atoms with Gasteiger partial charge in [-0.1, -0.05) is 39.8 Å². The molecule has 1 aromatic carbocycles. The van der Waals surface area contributed by atoms with Crippen LogP contribution in [0.15, 0.2) is 12.1 Å². The Morgan fingerprint density at radius 2 is 1.57 bits per heavy atom. The summed E-state index contributed by atoms with van der Waals surface area (Å²) in [7, 11) is 0. The van der Waals surface area contributed by atoms with Gasteiger partial charge in [0.25, 0.3) is 0 Å². The fraction of sp³-hybridized carbons (Fsp3) is 0.538. The molecule has 1 N–H and O–H groups in total. The van der Waals surface area contributed by atoms with Crippen LogP contribution in [0.3, 0.4) is 0 Å². The predicted octanol–water partition coefficient (Wildman–Crippen LogP) is 3.95. The molecule has 0 spiro atoms. The van der Waals surface area contributed by atoms with E-state index in [-0.39, 0.29) is 0 Å². The van der Waals surface area contributed by atoms with Crippen molar-refractivity contribution < 1.29 is 5.11 Å². The van der Waals surface area contributed by atoms with Gasteiger partial charge in [0, 0.05) is 5.56 Å². The minimum Gasteiger partial charge on any atom is -0.507 e. The van der Waals surface area contributed by atoms with Crippen molar-refractivity contribution in [3.8, 4) is 5.75 Å². The second kappa shape index (κ2) is 4.04. The minimum atomic E-state index is 0.382. The Morgan fingerprint density at radius 1 is 1.00 bits per heavy atom. The number of benzene rings is 1. The third-order valence-corrected chi connectivity index (χ3v) is 2.65. The van der Waals surface area contributed by atoms with Crippen LogP contribution in [0.25, 0.3) is 0 Å². The maximum Gasteiger partial charge on any atom is 0.122 e. The van der Waals surface area contributed by atoms with Crippen molar-refractivity contribution in [3.05, 3.63) is 28.8 Å². The third kappa shape index (κ3) is 1.92. The fourth-order valence-electron chi connectivity index (χ4n) is 1.84. The molecular weight excluding hydrogens is 172 g/mol. The maximum absolute atomic E-state index is 10.00. The lowest BCUT2D eigenvalue weighted by molar-refractivity contribution is 0.458. The van der Waals surface area contributed by atoms with E-state index in [1.54, 1.807) is 0 Å². The monoisotopic (exact) mass is 192 g/mol. The van der Waals surface area contributed by atoms with E-state index >= 15 is 0 Å². The van der Waals surface area contributed by atoms with E-state index in [4.69, 9.17) is 0 Å². The lowest BCUT2D eigenvalue weighted by atomic mass is 9.88. The predicted molar refractivity (Wildman–Crippen MR) is 61.0 cm³/mol. The van der Waals surface area contributed by atoms with E-state index in [0.717, 1.165) is 11.1 Å². The highest BCUT2D eigenvalue weighted by Gasteiger charge is 2.15. The molecule has 0 fully saturated rings. The molecule has 0 aliphatic carbocycles. The Bertz CT molecular complexity index is 324. The number of hydrogen-bond donors (Lipinski definition) is 1. The third-order valence-electron chi connectivity index (χ3n) is 2.65. The van der Waals surface area contributed by atoms with Crippen LogP contribution in [-0.2, 0) is 0 Å². The summed E-state index contributed by atoms with van der Waals surface area (Å²) in [5.74, 6) is 1.33. The Morgan fingerprint density at radius 3 is 2.00 bits per heavy atom. The lowest BCUT2D eigenvalue weighted by Crippen LogP contribution is -2.00. The summed E-state index contributed by atoms with van der Waals surface area (Å²) >= 11 is 0. The first kappa shape index (κ1) is 11.1. The molecule has 0 aromatic heterocycles. The molecule has 0 radical (unpaired) electrons. The van der Waals surface area contributed by atoms with Crippen molar-refractivity contribution in [2.45, 2.75) is 46.5 Å². The fourth-order valence-corrected chi connectivity index (χ4v) is 1.84. The van der Waals surface area contributed by atoms with Gasteiger partial charge in [-0.05, 0) is 29.9 Å². The number of rotatable bonds is 2. The van der Waals surface area contributed by atoms with Crippen LogP contribution in [0.2, 0.25) is 0 Å². The zero-order valence-electron chi connectivity index (χ0n) is 9.76. The number of phenolic OH excluding ortho intramolecular Hbond substituents is 1. The highest BCUT2D eigenvalue weighted by atomic mass is 16.3. The summed E-state index contributed by atoms with van der Waals surface area (Å²) in [6, 6.07) is 4.13. The summed E-state index contributed by atoms with van der Waals surface area (Å²) in [6.07, 6.45) is 0. The van der Waals surface area contributed by atoms with E-state index in [1.165, 1.54) is 5.56 Å². The molecule has 0 unspecified atom stereocenters. The summed E-state index contributed by atoms with van der Waals surface area (Å²) in [4.78, 5) is 0. The van der Waals surface area contributed by atoms with Crippen molar-refractivity contribution >= 4 is 0 Å². The quantitative estimate of drug-likeness (QED) is 0.752. The van der Waals surface area contributed by atoms with Crippen LogP contribution in [-0.4, -0.2) is 5.11 Å². The Labute approximate surface area is 86.8 Å². The van der Waals surface area contributed by atoms with Gasteiger partial charge in [0.2, 0.25) is 0 Å². The zero-order valence-corrected chi connectivity index (χ0v) is 9.76. The van der Waals surface area contributed by atoms with Gasteiger partial charge in [0.1, 0.15) is 5.75 Å². The molecule has 1 heteroatoms. The summed E-state index contributed by atoms with van der Waals surface area (Å²) in [5, 5.41) is 10.00. The molecule has 0 bridgehead atoms. The normalized spacial score (nSPS) is 11.4. The average Bonchev–Trinajstić information content (AvgIpc) is 2.08. The molecule has 0 aliphatic rings. The smallest absolute Gasteiger partial charge is 0.122 e. The largest absolute Gasteiger partial charge is 0.507 e. The lowest BCUT2D eigenvalue weighted by Gasteiger charge is -2.18. The van der Waals surface area contributed by atoms with Crippen LogP contribution >= 0.6 is 0 Å². The zero-order chi connectivity index (χ0) is 10.9. The number of aryl methyl sites for hydroxylation is 1. The highest BCUT2D eigenvalue weighted by Crippen LogP contribution is 2.35. The molecular formula is C13H20O. The Balaban J connectivity index is 3.38. The molecule has 0 amide bonds. The van der Waals surface area contributed by atoms with Gasteiger partial charge in [-0.25, -0.2) is 0 Å². The topological polar surface area (TPSA) is 20.2 Å². The standard InChI is InChI=1S/C13H20O/c1-8(2)11-7-6-10(5)13(14)12(11)9(3)4/h6-9,14H,1-5H3. The van der Waals surface area contributed by atoms with E-state index in [9.17, 15) is 5.11 Å².